The minimum Gasteiger partial charge on any atom is -0.347 e. The van der Waals surface area contributed by atoms with E-state index in [1.807, 2.05) is 13.8 Å². The number of carbonyl (C=O) groups is 2. The molecule has 2 aromatic rings. The largest absolute Gasteiger partial charge is 0.347 e. The molecule has 0 spiro atoms. The van der Waals surface area contributed by atoms with Gasteiger partial charge in [0.05, 0.1) is 11.7 Å². The molecule has 1 aromatic heterocycles. The number of benzene rings is 1. The summed E-state index contributed by atoms with van der Waals surface area (Å²) in [5.41, 5.74) is 1.71. The topological polar surface area (TPSA) is 87.2 Å². The van der Waals surface area contributed by atoms with Crippen molar-refractivity contribution in [2.24, 2.45) is 5.92 Å². The van der Waals surface area contributed by atoms with Gasteiger partial charge >= 0.3 is 0 Å². The molecule has 1 aliphatic heterocycles. The Morgan fingerprint density at radius 1 is 1.28 bits per heavy atom. The summed E-state index contributed by atoms with van der Waals surface area (Å²) < 4.78 is 14.5. The van der Waals surface area contributed by atoms with E-state index in [0.717, 1.165) is 0 Å². The summed E-state index contributed by atoms with van der Waals surface area (Å²) in [5.74, 6) is -0.695. The van der Waals surface area contributed by atoms with E-state index in [1.165, 1.54) is 6.07 Å². The smallest absolute Gasteiger partial charge is 0.274 e. The Morgan fingerprint density at radius 3 is 2.55 bits per heavy atom. The summed E-state index contributed by atoms with van der Waals surface area (Å²) in [4.78, 5) is 26.4. The van der Waals surface area contributed by atoms with Gasteiger partial charge in [0.15, 0.2) is 5.69 Å². The Morgan fingerprint density at radius 2 is 2.00 bits per heavy atom. The molecule has 2 heterocycles. The van der Waals surface area contributed by atoms with Crippen molar-refractivity contribution < 1.29 is 14.0 Å². The fourth-order valence-corrected chi connectivity index (χ4v) is 3.15. The predicted octanol–water partition coefficient (Wildman–Crippen LogP) is 2.02. The Balaban J connectivity index is 1.84. The molecule has 0 atom stereocenters. The zero-order chi connectivity index (χ0) is 21.1. The quantitative estimate of drug-likeness (QED) is 0.776. The van der Waals surface area contributed by atoms with Crippen molar-refractivity contribution in [3.8, 4) is 11.3 Å². The van der Waals surface area contributed by atoms with Crippen LogP contribution in [0.15, 0.2) is 24.3 Å². The van der Waals surface area contributed by atoms with Gasteiger partial charge in [-0.15, -0.1) is 10.2 Å². The Hall–Kier alpha value is -2.87. The summed E-state index contributed by atoms with van der Waals surface area (Å²) in [6.07, 6.45) is 0. The van der Waals surface area contributed by atoms with Gasteiger partial charge in [-0.3, -0.25) is 9.59 Å². The number of rotatable bonds is 6. The number of nitrogens with zero attached hydrogens (tertiary/aromatic N) is 3. The summed E-state index contributed by atoms with van der Waals surface area (Å²) in [7, 11) is 1.72. The molecular weight excluding hydrogens is 373 g/mol. The first-order chi connectivity index (χ1) is 13.8. The molecule has 29 heavy (non-hydrogen) atoms. The Kier molecular flexibility index (Phi) is 6.22. The Bertz CT molecular complexity index is 910. The molecule has 0 radical (unpaired) electrons. The van der Waals surface area contributed by atoms with E-state index in [-0.39, 0.29) is 29.1 Å². The molecule has 7 nitrogen and oxygen atoms in total. The molecule has 8 heteroatoms. The van der Waals surface area contributed by atoms with Crippen LogP contribution < -0.4 is 10.6 Å². The third-order valence-corrected chi connectivity index (χ3v) is 4.87. The minimum atomic E-state index is -0.488. The fourth-order valence-electron chi connectivity index (χ4n) is 3.15. The summed E-state index contributed by atoms with van der Waals surface area (Å²) in [6.45, 7) is 7.71. The second kappa shape index (κ2) is 8.65. The van der Waals surface area contributed by atoms with Crippen molar-refractivity contribution >= 4 is 11.8 Å². The van der Waals surface area contributed by atoms with Gasteiger partial charge in [-0.1, -0.05) is 13.8 Å². The zero-order valence-corrected chi connectivity index (χ0v) is 17.1. The second-order valence-electron chi connectivity index (χ2n) is 7.84. The first-order valence-electron chi connectivity index (χ1n) is 9.67. The lowest BCUT2D eigenvalue weighted by atomic mass is 10.0. The first kappa shape index (κ1) is 20.9. The standard InChI is InChI=1S/C21H26FN5O2/c1-12(2)11-27(4)21(29)19-6-5-18(25-26-19)16-7-14(8-17(22)13(16)3)20(28)24-15-9-23-10-15/h5-8,12,15,23H,9-11H2,1-4H3,(H,24,28). The van der Waals surface area contributed by atoms with E-state index in [4.69, 9.17) is 0 Å². The molecule has 1 saturated heterocycles. The molecule has 1 aromatic carbocycles. The lowest BCUT2D eigenvalue weighted by Gasteiger charge is -2.28. The van der Waals surface area contributed by atoms with Crippen LogP contribution in [-0.2, 0) is 0 Å². The van der Waals surface area contributed by atoms with Gasteiger partial charge < -0.3 is 15.5 Å². The maximum absolute atomic E-state index is 14.5. The van der Waals surface area contributed by atoms with Gasteiger partial charge in [0.2, 0.25) is 0 Å². The van der Waals surface area contributed by atoms with E-state index in [2.05, 4.69) is 20.8 Å². The maximum atomic E-state index is 14.5. The highest BCUT2D eigenvalue weighted by Crippen LogP contribution is 2.25. The van der Waals surface area contributed by atoms with E-state index in [1.54, 1.807) is 37.1 Å². The molecule has 1 aliphatic rings. The van der Waals surface area contributed by atoms with Crippen molar-refractivity contribution in [1.29, 1.82) is 0 Å². The molecule has 2 N–H and O–H groups in total. The molecular formula is C21H26FN5O2. The third kappa shape index (κ3) is 4.76. The van der Waals surface area contributed by atoms with Crippen LogP contribution in [0.4, 0.5) is 4.39 Å². The maximum Gasteiger partial charge on any atom is 0.274 e. The van der Waals surface area contributed by atoms with Gasteiger partial charge in [-0.2, -0.15) is 0 Å². The van der Waals surface area contributed by atoms with Crippen LogP contribution in [-0.4, -0.2) is 59.6 Å². The molecule has 0 aliphatic carbocycles. The number of halogens is 1. The van der Waals surface area contributed by atoms with Crippen LogP contribution in [0.5, 0.6) is 0 Å². The van der Waals surface area contributed by atoms with Gasteiger partial charge in [-0.25, -0.2) is 4.39 Å². The van der Waals surface area contributed by atoms with Crippen molar-refractivity contribution in [3.63, 3.8) is 0 Å². The van der Waals surface area contributed by atoms with Crippen LogP contribution in [0.1, 0.15) is 40.3 Å². The van der Waals surface area contributed by atoms with Crippen LogP contribution >= 0.6 is 0 Å². The lowest BCUT2D eigenvalue weighted by molar-refractivity contribution is 0.0772. The van der Waals surface area contributed by atoms with Gasteiger partial charge in [0.1, 0.15) is 5.82 Å². The number of nitrogens with one attached hydrogen (secondary N) is 2. The van der Waals surface area contributed by atoms with Crippen LogP contribution in [0, 0.1) is 18.7 Å². The van der Waals surface area contributed by atoms with Gasteiger partial charge in [0.25, 0.3) is 11.8 Å². The summed E-state index contributed by atoms with van der Waals surface area (Å²) >= 11 is 0. The fraction of sp³-hybridized carbons (Fsp3) is 0.429. The van der Waals surface area contributed by atoms with Crippen molar-refractivity contribution in [2.75, 3.05) is 26.7 Å². The van der Waals surface area contributed by atoms with E-state index in [0.29, 0.717) is 42.4 Å². The monoisotopic (exact) mass is 399 g/mol. The van der Waals surface area contributed by atoms with Crippen molar-refractivity contribution in [1.82, 2.24) is 25.7 Å². The minimum absolute atomic E-state index is 0.0585. The van der Waals surface area contributed by atoms with Crippen LogP contribution in [0.3, 0.4) is 0 Å². The van der Waals surface area contributed by atoms with Crippen LogP contribution in [0.25, 0.3) is 11.3 Å². The third-order valence-electron chi connectivity index (χ3n) is 4.87. The predicted molar refractivity (Wildman–Crippen MR) is 108 cm³/mol. The molecule has 0 unspecified atom stereocenters. The number of amides is 2. The lowest BCUT2D eigenvalue weighted by Crippen LogP contribution is -2.56. The second-order valence-corrected chi connectivity index (χ2v) is 7.84. The van der Waals surface area contributed by atoms with Crippen molar-refractivity contribution in [3.05, 3.63) is 46.9 Å². The highest BCUT2D eigenvalue weighted by Gasteiger charge is 2.22. The number of hydrogen-bond acceptors (Lipinski definition) is 5. The SMILES string of the molecule is Cc1c(F)cc(C(=O)NC2CNC2)cc1-c1ccc(C(=O)N(C)CC(C)C)nn1. The normalized spacial score (nSPS) is 13.9. The highest BCUT2D eigenvalue weighted by atomic mass is 19.1. The number of aromatic nitrogens is 2. The molecule has 2 amide bonds. The molecule has 1 fully saturated rings. The van der Waals surface area contributed by atoms with Crippen LogP contribution in [0.2, 0.25) is 0 Å². The average molecular weight is 399 g/mol. The van der Waals surface area contributed by atoms with Gasteiger partial charge in [0, 0.05) is 37.8 Å². The van der Waals surface area contributed by atoms with Crippen molar-refractivity contribution in [2.45, 2.75) is 26.8 Å². The molecule has 0 bridgehead atoms. The van der Waals surface area contributed by atoms with E-state index >= 15 is 0 Å². The van der Waals surface area contributed by atoms with E-state index in [9.17, 15) is 14.0 Å². The Labute approximate surface area is 169 Å². The summed E-state index contributed by atoms with van der Waals surface area (Å²) in [6, 6.07) is 6.10. The number of hydrogen-bond donors (Lipinski definition) is 2. The molecule has 3 rings (SSSR count). The molecule has 0 saturated carbocycles. The first-order valence-corrected chi connectivity index (χ1v) is 9.67. The zero-order valence-electron chi connectivity index (χ0n) is 17.1. The summed E-state index contributed by atoms with van der Waals surface area (Å²) in [5, 5.41) is 14.1. The average Bonchev–Trinajstić information content (AvgIpc) is 2.65. The van der Waals surface area contributed by atoms with E-state index < -0.39 is 5.82 Å². The van der Waals surface area contributed by atoms with Gasteiger partial charge in [-0.05, 0) is 42.7 Å². The number of carbonyl (C=O) groups excluding carboxylic acids is 2. The highest BCUT2D eigenvalue weighted by molar-refractivity contribution is 5.96. The molecule has 154 valence electrons.